The van der Waals surface area contributed by atoms with Gasteiger partial charge in [0, 0.05) is 19.7 Å². The van der Waals surface area contributed by atoms with Crippen molar-refractivity contribution in [3.8, 4) is 0 Å². The lowest BCUT2D eigenvalue weighted by Gasteiger charge is -2.40. The number of primary amides is 1. The summed E-state index contributed by atoms with van der Waals surface area (Å²) in [7, 11) is 0. The molecule has 1 unspecified atom stereocenters. The third-order valence-corrected chi connectivity index (χ3v) is 3.94. The summed E-state index contributed by atoms with van der Waals surface area (Å²) in [5, 5.41) is 9.40. The fourth-order valence-electron chi connectivity index (χ4n) is 3.44. The van der Waals surface area contributed by atoms with Crippen LogP contribution in [-0.2, 0) is 4.79 Å². The number of piperidine rings is 1. The van der Waals surface area contributed by atoms with E-state index in [-0.39, 0.29) is 29.3 Å². The van der Waals surface area contributed by atoms with Crippen LogP contribution in [0.1, 0.15) is 47.0 Å². The maximum atomic E-state index is 11.3. The molecule has 3 N–H and O–H groups in total. The Hall–Kier alpha value is -0.610. The molecule has 0 radical (unpaired) electrons. The minimum atomic E-state index is -0.168. The summed E-state index contributed by atoms with van der Waals surface area (Å²) < 4.78 is 0. The Morgan fingerprint density at radius 3 is 2.47 bits per heavy atom. The number of carbonyl (C=O) groups is 1. The third-order valence-electron chi connectivity index (χ3n) is 3.94. The second-order valence-electron chi connectivity index (χ2n) is 7.64. The Labute approximate surface area is 117 Å². The van der Waals surface area contributed by atoms with Crippen LogP contribution in [0, 0.1) is 16.7 Å². The van der Waals surface area contributed by atoms with Gasteiger partial charge in [0.2, 0.25) is 5.91 Å². The van der Waals surface area contributed by atoms with E-state index in [1.165, 1.54) is 0 Å². The molecule has 1 amide bonds. The summed E-state index contributed by atoms with van der Waals surface area (Å²) in [6, 6.07) is 0. The van der Waals surface area contributed by atoms with Crippen molar-refractivity contribution in [1.82, 2.24) is 4.90 Å². The van der Waals surface area contributed by atoms with Gasteiger partial charge >= 0.3 is 0 Å². The van der Waals surface area contributed by atoms with E-state index in [9.17, 15) is 9.90 Å². The quantitative estimate of drug-likeness (QED) is 0.770. The first-order valence-corrected chi connectivity index (χ1v) is 7.28. The van der Waals surface area contributed by atoms with Crippen LogP contribution in [0.2, 0.25) is 0 Å². The molecule has 112 valence electrons. The third kappa shape index (κ3) is 5.49. The first-order chi connectivity index (χ1) is 8.65. The second-order valence-corrected chi connectivity index (χ2v) is 7.64. The Kier molecular flexibility index (Phi) is 5.39. The molecule has 0 aromatic carbocycles. The summed E-state index contributed by atoms with van der Waals surface area (Å²) in [5.41, 5.74) is 5.50. The summed E-state index contributed by atoms with van der Waals surface area (Å²) in [5.74, 6) is -0.159. The highest BCUT2D eigenvalue weighted by Gasteiger charge is 2.32. The summed E-state index contributed by atoms with van der Waals surface area (Å²) in [6.45, 7) is 11.7. The fourth-order valence-corrected chi connectivity index (χ4v) is 3.44. The molecule has 19 heavy (non-hydrogen) atoms. The minimum absolute atomic E-state index is 0.00963. The van der Waals surface area contributed by atoms with Gasteiger partial charge in [-0.15, -0.1) is 0 Å². The summed E-state index contributed by atoms with van der Waals surface area (Å²) in [6.07, 6.45) is 2.94. The Balaban J connectivity index is 2.55. The highest BCUT2D eigenvalue weighted by molar-refractivity contribution is 5.76. The molecule has 0 aromatic heterocycles. The predicted octanol–water partition coefficient (Wildman–Crippen LogP) is 1.62. The van der Waals surface area contributed by atoms with Crippen molar-refractivity contribution in [1.29, 1.82) is 0 Å². The number of nitrogens with zero attached hydrogens (tertiary/aromatic N) is 1. The van der Waals surface area contributed by atoms with Crippen LogP contribution in [0.15, 0.2) is 0 Å². The summed E-state index contributed by atoms with van der Waals surface area (Å²) in [4.78, 5) is 13.7. The maximum absolute atomic E-state index is 11.3. The molecule has 0 bridgehead atoms. The van der Waals surface area contributed by atoms with Gasteiger partial charge < -0.3 is 15.7 Å². The SMILES string of the molecule is CC(C)(CO)CC(C)(C)CN1CCCC(C(N)=O)C1. The van der Waals surface area contributed by atoms with Crippen LogP contribution >= 0.6 is 0 Å². The van der Waals surface area contributed by atoms with Crippen molar-refractivity contribution >= 4 is 5.91 Å². The molecule has 1 atom stereocenters. The van der Waals surface area contributed by atoms with Crippen molar-refractivity contribution in [3.05, 3.63) is 0 Å². The molecule has 1 fully saturated rings. The smallest absolute Gasteiger partial charge is 0.221 e. The zero-order chi connectivity index (χ0) is 14.7. The van der Waals surface area contributed by atoms with Gasteiger partial charge in [-0.2, -0.15) is 0 Å². The lowest BCUT2D eigenvalue weighted by atomic mass is 9.75. The Morgan fingerprint density at radius 1 is 1.32 bits per heavy atom. The number of amides is 1. The Morgan fingerprint density at radius 2 is 1.95 bits per heavy atom. The monoisotopic (exact) mass is 270 g/mol. The van der Waals surface area contributed by atoms with Crippen LogP contribution in [-0.4, -0.2) is 42.2 Å². The Bertz CT molecular complexity index is 313. The van der Waals surface area contributed by atoms with Gasteiger partial charge in [-0.1, -0.05) is 27.7 Å². The molecule has 1 rings (SSSR count). The van der Waals surface area contributed by atoms with Crippen LogP contribution in [0.5, 0.6) is 0 Å². The number of nitrogens with two attached hydrogens (primary N) is 1. The molecule has 4 nitrogen and oxygen atoms in total. The van der Waals surface area contributed by atoms with Crippen molar-refractivity contribution in [2.45, 2.75) is 47.0 Å². The topological polar surface area (TPSA) is 66.6 Å². The van der Waals surface area contributed by atoms with Crippen molar-refractivity contribution < 1.29 is 9.90 Å². The number of rotatable bonds is 6. The van der Waals surface area contributed by atoms with Crippen molar-refractivity contribution in [3.63, 3.8) is 0 Å². The molecular formula is C15H30N2O2. The van der Waals surface area contributed by atoms with Crippen molar-refractivity contribution in [2.75, 3.05) is 26.2 Å². The number of carbonyl (C=O) groups excluding carboxylic acids is 1. The molecule has 0 aromatic rings. The van der Waals surface area contributed by atoms with Crippen LogP contribution in [0.4, 0.5) is 0 Å². The fraction of sp³-hybridized carbons (Fsp3) is 0.933. The van der Waals surface area contributed by atoms with Gasteiger partial charge in [0.25, 0.3) is 0 Å². The highest BCUT2D eigenvalue weighted by atomic mass is 16.3. The number of likely N-dealkylation sites (tertiary alicyclic amines) is 1. The molecular weight excluding hydrogens is 240 g/mol. The van der Waals surface area contributed by atoms with Crippen LogP contribution in [0.3, 0.4) is 0 Å². The zero-order valence-electron chi connectivity index (χ0n) is 12.9. The normalized spacial score (nSPS) is 22.5. The maximum Gasteiger partial charge on any atom is 0.221 e. The number of aliphatic hydroxyl groups excluding tert-OH is 1. The van der Waals surface area contributed by atoms with Gasteiger partial charge in [0.05, 0.1) is 5.92 Å². The van der Waals surface area contributed by atoms with E-state index in [2.05, 4.69) is 32.6 Å². The number of hydrogen-bond acceptors (Lipinski definition) is 3. The predicted molar refractivity (Wildman–Crippen MR) is 77.6 cm³/mol. The van der Waals surface area contributed by atoms with E-state index in [0.29, 0.717) is 0 Å². The number of hydrogen-bond donors (Lipinski definition) is 2. The first-order valence-electron chi connectivity index (χ1n) is 7.28. The number of aliphatic hydroxyl groups is 1. The van der Waals surface area contributed by atoms with E-state index in [4.69, 9.17) is 5.73 Å². The summed E-state index contributed by atoms with van der Waals surface area (Å²) >= 11 is 0. The van der Waals surface area contributed by atoms with Gasteiger partial charge in [0.15, 0.2) is 0 Å². The van der Waals surface area contributed by atoms with Gasteiger partial charge in [-0.05, 0) is 36.6 Å². The van der Waals surface area contributed by atoms with Gasteiger partial charge in [0.1, 0.15) is 0 Å². The minimum Gasteiger partial charge on any atom is -0.396 e. The lowest BCUT2D eigenvalue weighted by molar-refractivity contribution is -0.123. The molecule has 0 saturated carbocycles. The molecule has 1 aliphatic heterocycles. The lowest BCUT2D eigenvalue weighted by Crippen LogP contribution is -2.45. The van der Waals surface area contributed by atoms with E-state index in [0.717, 1.165) is 38.9 Å². The van der Waals surface area contributed by atoms with Gasteiger partial charge in [-0.25, -0.2) is 0 Å². The molecule has 4 heteroatoms. The van der Waals surface area contributed by atoms with E-state index in [1.54, 1.807) is 0 Å². The van der Waals surface area contributed by atoms with Crippen LogP contribution in [0.25, 0.3) is 0 Å². The molecule has 1 heterocycles. The molecule has 0 aliphatic carbocycles. The average molecular weight is 270 g/mol. The molecule has 1 aliphatic rings. The van der Waals surface area contributed by atoms with E-state index in [1.807, 2.05) is 0 Å². The molecule has 0 spiro atoms. The van der Waals surface area contributed by atoms with Crippen LogP contribution < -0.4 is 5.73 Å². The van der Waals surface area contributed by atoms with E-state index >= 15 is 0 Å². The second kappa shape index (κ2) is 6.23. The van der Waals surface area contributed by atoms with Crippen molar-refractivity contribution in [2.24, 2.45) is 22.5 Å². The van der Waals surface area contributed by atoms with Gasteiger partial charge in [-0.3, -0.25) is 4.79 Å². The first kappa shape index (κ1) is 16.4. The molecule has 1 saturated heterocycles. The highest BCUT2D eigenvalue weighted by Crippen LogP contribution is 2.34. The zero-order valence-corrected chi connectivity index (χ0v) is 12.9. The van der Waals surface area contributed by atoms with E-state index < -0.39 is 0 Å². The average Bonchev–Trinajstić information content (AvgIpc) is 2.27. The largest absolute Gasteiger partial charge is 0.396 e. The standard InChI is InChI=1S/C15H30N2O2/c1-14(2,9-15(3,4)11-18)10-17-7-5-6-12(8-17)13(16)19/h12,18H,5-11H2,1-4H3,(H2,16,19).